The van der Waals surface area contributed by atoms with E-state index in [1.54, 1.807) is 30.8 Å². The van der Waals surface area contributed by atoms with Gasteiger partial charge in [0.25, 0.3) is 11.6 Å². The van der Waals surface area contributed by atoms with Crippen LogP contribution in [0, 0.1) is 10.1 Å². The summed E-state index contributed by atoms with van der Waals surface area (Å²) in [5.74, 6) is 0.876. The molecular weight excluding hydrogens is 468 g/mol. The van der Waals surface area contributed by atoms with E-state index in [-0.39, 0.29) is 11.6 Å². The van der Waals surface area contributed by atoms with E-state index >= 15 is 0 Å². The highest BCUT2D eigenvalue weighted by Crippen LogP contribution is 2.43. The molecule has 1 unspecified atom stereocenters. The summed E-state index contributed by atoms with van der Waals surface area (Å²) in [6.45, 7) is 3.60. The number of dihydropyridines is 1. The van der Waals surface area contributed by atoms with Crippen LogP contribution in [-0.4, -0.2) is 28.1 Å². The third kappa shape index (κ3) is 5.27. The first-order chi connectivity index (χ1) is 16.9. The topological polar surface area (TPSA) is 120 Å². The number of methoxy groups -OCH3 is 1. The highest BCUT2D eigenvalue weighted by molar-refractivity contribution is 7.97. The Bertz CT molecular complexity index is 1320. The summed E-state index contributed by atoms with van der Waals surface area (Å²) in [7, 11) is 1.30. The molecule has 1 aliphatic heterocycles. The molecule has 0 fully saturated rings. The molecule has 10 heteroatoms. The number of ether oxygens (including phenoxy) is 1. The van der Waals surface area contributed by atoms with Crippen molar-refractivity contribution in [3.63, 3.8) is 0 Å². The van der Waals surface area contributed by atoms with Crippen LogP contribution in [0.15, 0.2) is 76.1 Å². The molecule has 0 aliphatic carbocycles. The second-order valence-corrected chi connectivity index (χ2v) is 8.96. The zero-order valence-corrected chi connectivity index (χ0v) is 20.3. The summed E-state index contributed by atoms with van der Waals surface area (Å²) < 4.78 is 10.7. The molecule has 4 rings (SSSR count). The van der Waals surface area contributed by atoms with E-state index in [0.29, 0.717) is 39.7 Å². The van der Waals surface area contributed by atoms with Gasteiger partial charge in [0.05, 0.1) is 29.3 Å². The van der Waals surface area contributed by atoms with Crippen LogP contribution in [-0.2, 0) is 21.0 Å². The zero-order chi connectivity index (χ0) is 24.9. The van der Waals surface area contributed by atoms with Crippen molar-refractivity contribution < 1.29 is 19.0 Å². The van der Waals surface area contributed by atoms with Crippen LogP contribution in [0.25, 0.3) is 5.57 Å². The number of benzene rings is 2. The minimum absolute atomic E-state index is 0.0802. The van der Waals surface area contributed by atoms with Crippen LogP contribution in [0.4, 0.5) is 5.69 Å². The molecule has 0 radical (unpaired) electrons. The standard InChI is InChI=1S/C25H24N4O5S/c1-15-21(24-27-20(28-34-24)14-35-13-17-8-5-4-6-9-17)23(22(16(2)26-15)25(30)33-3)18-10-7-11-19(12-18)29(31)32/h4-12,23,26H,13-14H2,1-3H3. The molecule has 0 spiro atoms. The summed E-state index contributed by atoms with van der Waals surface area (Å²) in [4.78, 5) is 28.3. The number of thioether (sulfide) groups is 1. The molecule has 0 amide bonds. The lowest BCUT2D eigenvalue weighted by Crippen LogP contribution is -2.28. The van der Waals surface area contributed by atoms with Crippen LogP contribution in [0.3, 0.4) is 0 Å². The van der Waals surface area contributed by atoms with Crippen LogP contribution in [0.1, 0.15) is 42.6 Å². The summed E-state index contributed by atoms with van der Waals surface area (Å²) in [6, 6.07) is 16.3. The quantitative estimate of drug-likeness (QED) is 0.264. The predicted molar refractivity (Wildman–Crippen MR) is 132 cm³/mol. The Kier molecular flexibility index (Phi) is 7.31. The minimum atomic E-state index is -0.686. The maximum absolute atomic E-state index is 12.8. The fourth-order valence-electron chi connectivity index (χ4n) is 4.07. The number of nitrogens with one attached hydrogen (secondary N) is 1. The van der Waals surface area contributed by atoms with Gasteiger partial charge in [-0.25, -0.2) is 4.79 Å². The first kappa shape index (κ1) is 24.2. The van der Waals surface area contributed by atoms with Crippen molar-refractivity contribution in [2.75, 3.05) is 7.11 Å². The summed E-state index contributed by atoms with van der Waals surface area (Å²) in [6.07, 6.45) is 0. The van der Waals surface area contributed by atoms with Gasteiger partial charge in [-0.05, 0) is 25.0 Å². The fourth-order valence-corrected chi connectivity index (χ4v) is 4.90. The van der Waals surface area contributed by atoms with Gasteiger partial charge in [-0.3, -0.25) is 10.1 Å². The molecule has 0 saturated heterocycles. The molecule has 1 aromatic heterocycles. The summed E-state index contributed by atoms with van der Waals surface area (Å²) >= 11 is 1.66. The molecule has 9 nitrogen and oxygen atoms in total. The number of allylic oxidation sites excluding steroid dienone is 3. The van der Waals surface area contributed by atoms with Crippen molar-refractivity contribution in [3.8, 4) is 0 Å². The molecule has 2 heterocycles. The maximum Gasteiger partial charge on any atom is 0.336 e. The van der Waals surface area contributed by atoms with Gasteiger partial charge in [0.15, 0.2) is 5.82 Å². The Morgan fingerprint density at radius 2 is 1.91 bits per heavy atom. The van der Waals surface area contributed by atoms with E-state index in [2.05, 4.69) is 27.6 Å². The number of carbonyl (C=O) groups is 1. The Morgan fingerprint density at radius 1 is 1.14 bits per heavy atom. The zero-order valence-electron chi connectivity index (χ0n) is 19.5. The number of aromatic nitrogens is 2. The number of non-ortho nitro benzene ring substituents is 1. The molecule has 1 N–H and O–H groups in total. The van der Waals surface area contributed by atoms with Crippen molar-refractivity contribution >= 4 is 29.0 Å². The van der Waals surface area contributed by atoms with Crippen molar-refractivity contribution in [2.24, 2.45) is 0 Å². The summed E-state index contributed by atoms with van der Waals surface area (Å²) in [5, 5.41) is 18.8. The van der Waals surface area contributed by atoms with E-state index < -0.39 is 16.8 Å². The third-order valence-electron chi connectivity index (χ3n) is 5.62. The smallest absolute Gasteiger partial charge is 0.336 e. The predicted octanol–water partition coefficient (Wildman–Crippen LogP) is 4.98. The van der Waals surface area contributed by atoms with Crippen LogP contribution < -0.4 is 5.32 Å². The average molecular weight is 493 g/mol. The van der Waals surface area contributed by atoms with E-state index in [9.17, 15) is 14.9 Å². The second kappa shape index (κ2) is 10.6. The first-order valence-corrected chi connectivity index (χ1v) is 12.0. The highest BCUT2D eigenvalue weighted by atomic mass is 32.2. The Morgan fingerprint density at radius 3 is 2.63 bits per heavy atom. The van der Waals surface area contributed by atoms with Gasteiger partial charge in [0.2, 0.25) is 0 Å². The van der Waals surface area contributed by atoms with Gasteiger partial charge >= 0.3 is 5.97 Å². The largest absolute Gasteiger partial charge is 0.466 e. The van der Waals surface area contributed by atoms with E-state index in [4.69, 9.17) is 9.26 Å². The van der Waals surface area contributed by atoms with Gasteiger partial charge in [-0.2, -0.15) is 4.98 Å². The van der Waals surface area contributed by atoms with Crippen molar-refractivity contribution in [3.05, 3.63) is 105 Å². The number of nitrogens with zero attached hydrogens (tertiary/aromatic N) is 3. The lowest BCUT2D eigenvalue weighted by molar-refractivity contribution is -0.384. The maximum atomic E-state index is 12.8. The number of nitro benzene ring substituents is 1. The minimum Gasteiger partial charge on any atom is -0.466 e. The monoisotopic (exact) mass is 492 g/mol. The van der Waals surface area contributed by atoms with E-state index in [1.165, 1.54) is 24.8 Å². The molecule has 1 aliphatic rings. The lowest BCUT2D eigenvalue weighted by atomic mass is 9.80. The molecular formula is C25H24N4O5S. The normalized spacial score (nSPS) is 15.7. The van der Waals surface area contributed by atoms with Gasteiger partial charge in [-0.1, -0.05) is 47.6 Å². The van der Waals surface area contributed by atoms with E-state index in [1.807, 2.05) is 25.1 Å². The van der Waals surface area contributed by atoms with Crippen molar-refractivity contribution in [1.82, 2.24) is 15.5 Å². The molecule has 35 heavy (non-hydrogen) atoms. The first-order valence-electron chi connectivity index (χ1n) is 10.8. The molecule has 2 aromatic carbocycles. The molecule has 3 aromatic rings. The molecule has 0 saturated carbocycles. The van der Waals surface area contributed by atoms with Gasteiger partial charge in [0, 0.05) is 34.9 Å². The highest BCUT2D eigenvalue weighted by Gasteiger charge is 2.37. The number of rotatable bonds is 8. The van der Waals surface area contributed by atoms with Gasteiger partial charge in [-0.15, -0.1) is 11.8 Å². The molecule has 1 atom stereocenters. The fraction of sp³-hybridized carbons (Fsp3) is 0.240. The van der Waals surface area contributed by atoms with Crippen molar-refractivity contribution in [1.29, 1.82) is 0 Å². The number of hydrogen-bond donors (Lipinski definition) is 1. The number of carbonyl (C=O) groups excluding carboxylic acids is 1. The Labute approximate surface area is 206 Å². The third-order valence-corrected chi connectivity index (χ3v) is 6.62. The van der Waals surface area contributed by atoms with Gasteiger partial charge in [0.1, 0.15) is 0 Å². The van der Waals surface area contributed by atoms with Crippen molar-refractivity contribution in [2.45, 2.75) is 31.3 Å². The number of nitro groups is 1. The lowest BCUT2D eigenvalue weighted by Gasteiger charge is -2.29. The van der Waals surface area contributed by atoms with E-state index in [0.717, 1.165) is 5.75 Å². The molecule has 0 bridgehead atoms. The van der Waals surface area contributed by atoms with Crippen LogP contribution in [0.2, 0.25) is 0 Å². The van der Waals surface area contributed by atoms with Crippen LogP contribution in [0.5, 0.6) is 0 Å². The van der Waals surface area contributed by atoms with Crippen LogP contribution >= 0.6 is 11.8 Å². The Hall–Kier alpha value is -3.92. The summed E-state index contributed by atoms with van der Waals surface area (Å²) in [5.41, 5.74) is 3.86. The molecule has 180 valence electrons. The number of esters is 1. The Balaban J connectivity index is 1.68. The average Bonchev–Trinajstić information content (AvgIpc) is 3.32. The SMILES string of the molecule is COC(=O)C1=C(C)NC(C)=C(c2nc(CSCc3ccccc3)no2)C1c1cccc([N+](=O)[O-])c1. The van der Waals surface area contributed by atoms with Gasteiger partial charge < -0.3 is 14.6 Å². The number of hydrogen-bond acceptors (Lipinski definition) is 9. The second-order valence-electron chi connectivity index (χ2n) is 7.97.